The summed E-state index contributed by atoms with van der Waals surface area (Å²) in [5.74, 6) is 2.38. The minimum absolute atomic E-state index is 0.0247. The van der Waals surface area contributed by atoms with Gasteiger partial charge >= 0.3 is 0 Å². The van der Waals surface area contributed by atoms with Crippen molar-refractivity contribution in [2.24, 2.45) is 10.4 Å². The monoisotopic (exact) mass is 321 g/mol. The summed E-state index contributed by atoms with van der Waals surface area (Å²) in [7, 11) is 5.10. The molecule has 2 N–H and O–H groups in total. The van der Waals surface area contributed by atoms with E-state index in [0.29, 0.717) is 0 Å². The van der Waals surface area contributed by atoms with E-state index in [9.17, 15) is 0 Å². The Bertz CT molecular complexity index is 556. The molecule has 1 unspecified atom stereocenters. The van der Waals surface area contributed by atoms with Gasteiger partial charge in [0, 0.05) is 24.6 Å². The van der Waals surface area contributed by atoms with Gasteiger partial charge in [-0.3, -0.25) is 4.99 Å². The molecule has 1 aromatic rings. The van der Waals surface area contributed by atoms with Gasteiger partial charge in [0.1, 0.15) is 11.5 Å². The second-order valence-electron chi connectivity index (χ2n) is 6.20. The minimum atomic E-state index is 0.0247. The van der Waals surface area contributed by atoms with Crippen molar-refractivity contribution >= 4 is 5.96 Å². The molecule has 2 rings (SSSR count). The second-order valence-corrected chi connectivity index (χ2v) is 6.20. The topological polar surface area (TPSA) is 64.1 Å². The standard InChI is InChI=1S/C17H27N3O3/c1-12(14-8-13(21-4)6-7-15(14)22-5)20-16(18-3)19-9-17(2)10-23-11-17/h6-8,12H,9-11H2,1-5H3,(H2,18,19,20). The van der Waals surface area contributed by atoms with E-state index < -0.39 is 0 Å². The van der Waals surface area contributed by atoms with Crippen molar-refractivity contribution in [1.29, 1.82) is 0 Å². The van der Waals surface area contributed by atoms with Gasteiger partial charge in [0.05, 0.1) is 33.5 Å². The molecular weight excluding hydrogens is 294 g/mol. The highest BCUT2D eigenvalue weighted by Crippen LogP contribution is 2.29. The van der Waals surface area contributed by atoms with E-state index in [4.69, 9.17) is 14.2 Å². The number of nitrogens with one attached hydrogen (secondary N) is 2. The molecule has 0 aliphatic carbocycles. The van der Waals surface area contributed by atoms with Crippen LogP contribution in [0.2, 0.25) is 0 Å². The van der Waals surface area contributed by atoms with Crippen LogP contribution in [0.4, 0.5) is 0 Å². The van der Waals surface area contributed by atoms with Crippen molar-refractivity contribution in [3.8, 4) is 11.5 Å². The number of hydrogen-bond acceptors (Lipinski definition) is 4. The number of nitrogens with zero attached hydrogens (tertiary/aromatic N) is 1. The quantitative estimate of drug-likeness (QED) is 0.619. The van der Waals surface area contributed by atoms with E-state index in [1.807, 2.05) is 18.2 Å². The summed E-state index contributed by atoms with van der Waals surface area (Å²) >= 11 is 0. The molecule has 6 heteroatoms. The normalized spacial score (nSPS) is 17.9. The maximum atomic E-state index is 5.45. The van der Waals surface area contributed by atoms with Crippen molar-refractivity contribution in [2.75, 3.05) is 41.0 Å². The van der Waals surface area contributed by atoms with Crippen LogP contribution >= 0.6 is 0 Å². The summed E-state index contributed by atoms with van der Waals surface area (Å²) in [6.45, 7) is 6.67. The molecule has 1 heterocycles. The number of methoxy groups -OCH3 is 2. The highest BCUT2D eigenvalue weighted by Gasteiger charge is 2.33. The first-order valence-electron chi connectivity index (χ1n) is 7.78. The summed E-state index contributed by atoms with van der Waals surface area (Å²) in [5, 5.41) is 6.76. The smallest absolute Gasteiger partial charge is 0.191 e. The zero-order valence-corrected chi connectivity index (χ0v) is 14.6. The Kier molecular flexibility index (Phi) is 5.71. The molecule has 1 aliphatic heterocycles. The van der Waals surface area contributed by atoms with E-state index in [1.54, 1.807) is 21.3 Å². The Hall–Kier alpha value is -1.95. The molecular formula is C17H27N3O3. The van der Waals surface area contributed by atoms with Crippen LogP contribution in [-0.4, -0.2) is 47.0 Å². The maximum absolute atomic E-state index is 5.45. The summed E-state index contributed by atoms with van der Waals surface area (Å²) in [4.78, 5) is 4.29. The summed E-state index contributed by atoms with van der Waals surface area (Å²) < 4.78 is 16.0. The SMILES string of the molecule is CN=C(NCC1(C)COC1)NC(C)c1cc(OC)ccc1OC. The summed E-state index contributed by atoms with van der Waals surface area (Å²) in [6.07, 6.45) is 0. The molecule has 1 aromatic carbocycles. The molecule has 6 nitrogen and oxygen atoms in total. The van der Waals surface area contributed by atoms with Gasteiger partial charge in [-0.1, -0.05) is 6.92 Å². The van der Waals surface area contributed by atoms with Crippen LogP contribution in [0.25, 0.3) is 0 Å². The molecule has 23 heavy (non-hydrogen) atoms. The van der Waals surface area contributed by atoms with Gasteiger partial charge < -0.3 is 24.8 Å². The van der Waals surface area contributed by atoms with E-state index in [2.05, 4.69) is 29.5 Å². The lowest BCUT2D eigenvalue weighted by Crippen LogP contribution is -2.51. The molecule has 1 aliphatic rings. The average molecular weight is 321 g/mol. The van der Waals surface area contributed by atoms with Crippen molar-refractivity contribution in [2.45, 2.75) is 19.9 Å². The Labute approximate surface area is 138 Å². The first-order valence-corrected chi connectivity index (χ1v) is 7.78. The number of hydrogen-bond donors (Lipinski definition) is 2. The van der Waals surface area contributed by atoms with Crippen LogP contribution in [-0.2, 0) is 4.74 Å². The molecule has 0 aromatic heterocycles. The maximum Gasteiger partial charge on any atom is 0.191 e. The third-order valence-corrected chi connectivity index (χ3v) is 4.06. The summed E-state index contributed by atoms with van der Waals surface area (Å²) in [5.41, 5.74) is 1.21. The van der Waals surface area contributed by atoms with Crippen LogP contribution in [0, 0.1) is 5.41 Å². The first-order chi connectivity index (χ1) is 11.0. The van der Waals surface area contributed by atoms with Crippen LogP contribution in [0.1, 0.15) is 25.5 Å². The van der Waals surface area contributed by atoms with E-state index in [1.165, 1.54) is 0 Å². The van der Waals surface area contributed by atoms with Gasteiger partial charge in [0.2, 0.25) is 0 Å². The van der Waals surface area contributed by atoms with Gasteiger partial charge in [-0.05, 0) is 25.1 Å². The lowest BCUT2D eigenvalue weighted by Gasteiger charge is -2.38. The lowest BCUT2D eigenvalue weighted by atomic mass is 9.89. The van der Waals surface area contributed by atoms with Gasteiger partial charge in [0.15, 0.2) is 5.96 Å². The number of aliphatic imine (C=N–C) groups is 1. The minimum Gasteiger partial charge on any atom is -0.497 e. The lowest BCUT2D eigenvalue weighted by molar-refractivity contribution is -0.0971. The number of benzene rings is 1. The summed E-state index contributed by atoms with van der Waals surface area (Å²) in [6, 6.07) is 5.80. The molecule has 0 spiro atoms. The van der Waals surface area contributed by atoms with E-state index >= 15 is 0 Å². The molecule has 1 saturated heterocycles. The van der Waals surface area contributed by atoms with Crippen molar-refractivity contribution in [3.05, 3.63) is 23.8 Å². The van der Waals surface area contributed by atoms with Crippen molar-refractivity contribution in [1.82, 2.24) is 10.6 Å². The largest absolute Gasteiger partial charge is 0.497 e. The molecule has 0 bridgehead atoms. The molecule has 1 atom stereocenters. The van der Waals surface area contributed by atoms with Crippen molar-refractivity contribution < 1.29 is 14.2 Å². The Morgan fingerprint density at radius 3 is 2.61 bits per heavy atom. The van der Waals surface area contributed by atoms with E-state index in [-0.39, 0.29) is 11.5 Å². The molecule has 0 amide bonds. The number of guanidine groups is 1. The number of ether oxygens (including phenoxy) is 3. The molecule has 1 fully saturated rings. The van der Waals surface area contributed by atoms with E-state index in [0.717, 1.165) is 42.8 Å². The van der Waals surface area contributed by atoms with Crippen LogP contribution in [0.3, 0.4) is 0 Å². The van der Waals surface area contributed by atoms with Gasteiger partial charge in [0.25, 0.3) is 0 Å². The van der Waals surface area contributed by atoms with Crippen molar-refractivity contribution in [3.63, 3.8) is 0 Å². The third kappa shape index (κ3) is 4.28. The van der Waals surface area contributed by atoms with Crippen LogP contribution in [0.5, 0.6) is 11.5 Å². The highest BCUT2D eigenvalue weighted by molar-refractivity contribution is 5.80. The molecule has 0 radical (unpaired) electrons. The highest BCUT2D eigenvalue weighted by atomic mass is 16.5. The predicted molar refractivity (Wildman–Crippen MR) is 91.4 cm³/mol. The number of rotatable bonds is 6. The fourth-order valence-electron chi connectivity index (χ4n) is 2.50. The fraction of sp³-hybridized carbons (Fsp3) is 0.588. The third-order valence-electron chi connectivity index (χ3n) is 4.06. The van der Waals surface area contributed by atoms with Gasteiger partial charge in [-0.25, -0.2) is 0 Å². The zero-order chi connectivity index (χ0) is 16.9. The molecule has 128 valence electrons. The predicted octanol–water partition coefficient (Wildman–Crippen LogP) is 1.97. The van der Waals surface area contributed by atoms with Crippen LogP contribution < -0.4 is 20.1 Å². The van der Waals surface area contributed by atoms with Crippen LogP contribution in [0.15, 0.2) is 23.2 Å². The average Bonchev–Trinajstić information content (AvgIpc) is 2.55. The fourth-order valence-corrected chi connectivity index (χ4v) is 2.50. The Balaban J connectivity index is 2.02. The Morgan fingerprint density at radius 2 is 2.09 bits per heavy atom. The molecule has 0 saturated carbocycles. The Morgan fingerprint density at radius 1 is 1.35 bits per heavy atom. The van der Waals surface area contributed by atoms with Gasteiger partial charge in [-0.2, -0.15) is 0 Å². The second kappa shape index (κ2) is 7.55. The van der Waals surface area contributed by atoms with Gasteiger partial charge in [-0.15, -0.1) is 0 Å². The zero-order valence-electron chi connectivity index (χ0n) is 14.6. The first kappa shape index (κ1) is 17.4.